The van der Waals surface area contributed by atoms with E-state index in [1.165, 1.54) is 25.4 Å². The molecule has 3 nitrogen and oxygen atoms in total. The third-order valence-electron chi connectivity index (χ3n) is 3.42. The standard InChI is InChI=1S/C16H12F2N2O/c1-9-5-6-11(17)13(14(9)18)16(21)10-3-2-4-12-15(10)20-8-7-19-12/h2-8,16,21H,1H3. The van der Waals surface area contributed by atoms with Crippen LogP contribution >= 0.6 is 0 Å². The van der Waals surface area contributed by atoms with E-state index >= 15 is 0 Å². The van der Waals surface area contributed by atoms with Crippen molar-refractivity contribution >= 4 is 11.0 Å². The molecule has 1 N–H and O–H groups in total. The van der Waals surface area contributed by atoms with Gasteiger partial charge in [0.25, 0.3) is 0 Å². The van der Waals surface area contributed by atoms with Gasteiger partial charge in [0, 0.05) is 18.0 Å². The average Bonchev–Trinajstić information content (AvgIpc) is 2.50. The van der Waals surface area contributed by atoms with E-state index in [4.69, 9.17) is 0 Å². The molecule has 5 heteroatoms. The van der Waals surface area contributed by atoms with Crippen molar-refractivity contribution in [1.29, 1.82) is 0 Å². The van der Waals surface area contributed by atoms with Crippen molar-refractivity contribution in [2.45, 2.75) is 13.0 Å². The molecule has 2 aromatic carbocycles. The SMILES string of the molecule is Cc1ccc(F)c(C(O)c2cccc3nccnc23)c1F. The Morgan fingerprint density at radius 2 is 1.81 bits per heavy atom. The summed E-state index contributed by atoms with van der Waals surface area (Å²) in [6.45, 7) is 1.52. The van der Waals surface area contributed by atoms with Crippen LogP contribution in [0.1, 0.15) is 22.8 Å². The van der Waals surface area contributed by atoms with Crippen LogP contribution in [-0.4, -0.2) is 15.1 Å². The summed E-state index contributed by atoms with van der Waals surface area (Å²) in [4.78, 5) is 8.26. The zero-order valence-electron chi connectivity index (χ0n) is 11.2. The van der Waals surface area contributed by atoms with Crippen LogP contribution in [-0.2, 0) is 0 Å². The van der Waals surface area contributed by atoms with E-state index in [0.717, 1.165) is 6.07 Å². The summed E-state index contributed by atoms with van der Waals surface area (Å²) in [6, 6.07) is 7.46. The van der Waals surface area contributed by atoms with Gasteiger partial charge >= 0.3 is 0 Å². The molecular formula is C16H12F2N2O. The van der Waals surface area contributed by atoms with Gasteiger partial charge in [-0.05, 0) is 24.6 Å². The van der Waals surface area contributed by atoms with Gasteiger partial charge in [-0.1, -0.05) is 18.2 Å². The minimum absolute atomic E-state index is 0.275. The van der Waals surface area contributed by atoms with E-state index in [1.807, 2.05) is 0 Å². The Balaban J connectivity index is 2.22. The van der Waals surface area contributed by atoms with Gasteiger partial charge in [0.1, 0.15) is 17.7 Å². The van der Waals surface area contributed by atoms with Gasteiger partial charge in [-0.25, -0.2) is 8.78 Å². The van der Waals surface area contributed by atoms with Crippen LogP contribution in [0.15, 0.2) is 42.7 Å². The molecule has 1 unspecified atom stereocenters. The van der Waals surface area contributed by atoms with Crippen LogP contribution in [0.4, 0.5) is 8.78 Å². The van der Waals surface area contributed by atoms with Crippen molar-refractivity contribution in [1.82, 2.24) is 9.97 Å². The fraction of sp³-hybridized carbons (Fsp3) is 0.125. The summed E-state index contributed by atoms with van der Waals surface area (Å²) in [6.07, 6.45) is 1.55. The molecule has 3 rings (SSSR count). The Morgan fingerprint density at radius 1 is 1.05 bits per heavy atom. The summed E-state index contributed by atoms with van der Waals surface area (Å²) in [7, 11) is 0. The number of nitrogens with zero attached hydrogens (tertiary/aromatic N) is 2. The summed E-state index contributed by atoms with van der Waals surface area (Å²) in [5, 5.41) is 10.4. The smallest absolute Gasteiger partial charge is 0.135 e. The molecule has 0 aliphatic rings. The maximum absolute atomic E-state index is 14.2. The van der Waals surface area contributed by atoms with Crippen LogP contribution in [0.25, 0.3) is 11.0 Å². The Morgan fingerprint density at radius 3 is 2.62 bits per heavy atom. The summed E-state index contributed by atoms with van der Waals surface area (Å²) in [5.74, 6) is -1.53. The molecule has 1 aromatic heterocycles. The summed E-state index contributed by atoms with van der Waals surface area (Å²) < 4.78 is 28.1. The van der Waals surface area contributed by atoms with Crippen molar-refractivity contribution in [3.05, 3.63) is 71.1 Å². The van der Waals surface area contributed by atoms with Crippen LogP contribution in [0.2, 0.25) is 0 Å². The first-order valence-electron chi connectivity index (χ1n) is 6.42. The number of aliphatic hydroxyl groups is 1. The first-order chi connectivity index (χ1) is 10.1. The van der Waals surface area contributed by atoms with Gasteiger partial charge < -0.3 is 5.11 Å². The number of hydrogen-bond acceptors (Lipinski definition) is 3. The number of fused-ring (bicyclic) bond motifs is 1. The summed E-state index contributed by atoms with van der Waals surface area (Å²) >= 11 is 0. The van der Waals surface area contributed by atoms with E-state index in [2.05, 4.69) is 9.97 Å². The highest BCUT2D eigenvalue weighted by atomic mass is 19.1. The average molecular weight is 286 g/mol. The highest BCUT2D eigenvalue weighted by molar-refractivity contribution is 5.78. The first kappa shape index (κ1) is 13.6. The third kappa shape index (κ3) is 2.25. The Kier molecular flexibility index (Phi) is 3.35. The van der Waals surface area contributed by atoms with Crippen molar-refractivity contribution in [2.75, 3.05) is 0 Å². The molecule has 0 spiro atoms. The Hall–Kier alpha value is -2.40. The molecule has 0 bridgehead atoms. The van der Waals surface area contributed by atoms with Crippen molar-refractivity contribution in [2.24, 2.45) is 0 Å². The lowest BCUT2D eigenvalue weighted by atomic mass is 9.97. The fourth-order valence-corrected chi connectivity index (χ4v) is 2.32. The van der Waals surface area contributed by atoms with Crippen molar-refractivity contribution in [3.63, 3.8) is 0 Å². The molecule has 0 saturated carbocycles. The van der Waals surface area contributed by atoms with Gasteiger partial charge in [0.2, 0.25) is 0 Å². The van der Waals surface area contributed by atoms with Gasteiger partial charge in [-0.3, -0.25) is 9.97 Å². The van der Waals surface area contributed by atoms with E-state index in [-0.39, 0.29) is 11.1 Å². The third-order valence-corrected chi connectivity index (χ3v) is 3.42. The predicted molar refractivity (Wildman–Crippen MR) is 74.7 cm³/mol. The molecule has 1 heterocycles. The lowest BCUT2D eigenvalue weighted by molar-refractivity contribution is 0.210. The highest BCUT2D eigenvalue weighted by Gasteiger charge is 2.23. The number of halogens is 2. The highest BCUT2D eigenvalue weighted by Crippen LogP contribution is 2.31. The molecule has 0 aliphatic heterocycles. The second-order valence-electron chi connectivity index (χ2n) is 4.77. The number of benzene rings is 2. The maximum atomic E-state index is 14.2. The number of aromatic nitrogens is 2. The van der Waals surface area contributed by atoms with E-state index in [9.17, 15) is 13.9 Å². The monoisotopic (exact) mass is 286 g/mol. The van der Waals surface area contributed by atoms with Crippen LogP contribution in [0.5, 0.6) is 0 Å². The lowest BCUT2D eigenvalue weighted by Gasteiger charge is -2.15. The van der Waals surface area contributed by atoms with Crippen LogP contribution in [0, 0.1) is 18.6 Å². The lowest BCUT2D eigenvalue weighted by Crippen LogP contribution is -2.08. The molecule has 1 atom stereocenters. The molecule has 3 aromatic rings. The summed E-state index contributed by atoms with van der Waals surface area (Å²) in [5.41, 5.74) is 1.21. The minimum atomic E-state index is -1.44. The Labute approximate surface area is 119 Å². The molecular weight excluding hydrogens is 274 g/mol. The van der Waals surface area contributed by atoms with Gasteiger partial charge in [0.15, 0.2) is 0 Å². The second kappa shape index (κ2) is 5.18. The molecule has 0 aliphatic carbocycles. The van der Waals surface area contributed by atoms with Gasteiger partial charge in [0.05, 0.1) is 16.6 Å². The molecule has 0 saturated heterocycles. The predicted octanol–water partition coefficient (Wildman–Crippen LogP) is 3.30. The quantitative estimate of drug-likeness (QED) is 0.786. The molecule has 106 valence electrons. The molecule has 0 radical (unpaired) electrons. The van der Waals surface area contributed by atoms with Crippen molar-refractivity contribution in [3.8, 4) is 0 Å². The van der Waals surface area contributed by atoms with Crippen LogP contribution < -0.4 is 0 Å². The number of rotatable bonds is 2. The first-order valence-corrected chi connectivity index (χ1v) is 6.42. The fourth-order valence-electron chi connectivity index (χ4n) is 2.32. The van der Waals surface area contributed by atoms with Crippen molar-refractivity contribution < 1.29 is 13.9 Å². The molecule has 0 amide bonds. The number of hydrogen-bond donors (Lipinski definition) is 1. The molecule has 0 fully saturated rings. The van der Waals surface area contributed by atoms with Gasteiger partial charge in [-0.15, -0.1) is 0 Å². The van der Waals surface area contributed by atoms with E-state index in [1.54, 1.807) is 18.2 Å². The normalized spacial score (nSPS) is 12.6. The Bertz CT molecular complexity index is 815. The zero-order valence-corrected chi connectivity index (χ0v) is 11.2. The number of aliphatic hydroxyl groups excluding tert-OH is 1. The topological polar surface area (TPSA) is 46.0 Å². The molecule has 21 heavy (non-hydrogen) atoms. The maximum Gasteiger partial charge on any atom is 0.135 e. The van der Waals surface area contributed by atoms with E-state index < -0.39 is 17.7 Å². The largest absolute Gasteiger partial charge is 0.383 e. The van der Waals surface area contributed by atoms with Crippen LogP contribution in [0.3, 0.4) is 0 Å². The number of aryl methyl sites for hydroxylation is 1. The minimum Gasteiger partial charge on any atom is -0.383 e. The van der Waals surface area contributed by atoms with Gasteiger partial charge in [-0.2, -0.15) is 0 Å². The zero-order chi connectivity index (χ0) is 15.0. The van der Waals surface area contributed by atoms with E-state index in [0.29, 0.717) is 16.6 Å². The number of para-hydroxylation sites is 1. The second-order valence-corrected chi connectivity index (χ2v) is 4.77.